The van der Waals surface area contributed by atoms with Crippen LogP contribution in [0, 0.1) is 17.9 Å². The number of nitrogens with zero attached hydrogens (tertiary/aromatic N) is 3. The van der Waals surface area contributed by atoms with Gasteiger partial charge in [-0.1, -0.05) is 0 Å². The van der Waals surface area contributed by atoms with Crippen molar-refractivity contribution in [3.63, 3.8) is 0 Å². The maximum absolute atomic E-state index is 9.73. The maximum atomic E-state index is 9.73. The number of benzene rings is 5. The fourth-order valence-electron chi connectivity index (χ4n) is 8.30. The van der Waals surface area contributed by atoms with E-state index in [0.29, 0.717) is 0 Å². The van der Waals surface area contributed by atoms with Crippen LogP contribution in [-0.2, 0) is 10.8 Å². The Bertz CT molecular complexity index is 2480. The average molecular weight is 681 g/mol. The first-order valence-corrected chi connectivity index (χ1v) is 18.0. The molecule has 4 heteroatoms. The molecule has 3 aliphatic rings. The monoisotopic (exact) mass is 681 g/mol. The summed E-state index contributed by atoms with van der Waals surface area (Å²) >= 11 is 0.124. The molecule has 5 aromatic carbocycles. The molecule has 0 amide bonds. The van der Waals surface area contributed by atoms with E-state index in [-0.39, 0.29) is 31.0 Å². The van der Waals surface area contributed by atoms with Crippen LogP contribution < -0.4 is 4.90 Å². The number of para-hydroxylation sites is 2. The standard InChI is InChI=1S/C44H31N3Se/c1-43(2)32-13-8-9-16-37(32)47-38-20-18-27(24-35(38)44(3,4)34-15-10-14-33(43)42(34)47)40-22-21-39(48-40)26-17-19-30-31(23-26)28-11-6-7-12-29(28)41(30)36(25-45)46-5/h6-24H,1-4H3/b41-36-. The number of allylic oxidation sites excluding steroid dienone is 1. The summed E-state index contributed by atoms with van der Waals surface area (Å²) in [6.45, 7) is 17.1. The molecule has 9 rings (SSSR count). The zero-order valence-corrected chi connectivity index (χ0v) is 28.9. The van der Waals surface area contributed by atoms with Crippen molar-refractivity contribution >= 4 is 37.1 Å². The third-order valence-corrected chi connectivity index (χ3v) is 13.2. The van der Waals surface area contributed by atoms with Gasteiger partial charge in [-0.15, -0.1) is 0 Å². The molecule has 0 unspecified atom stereocenters. The third-order valence-electron chi connectivity index (χ3n) is 10.7. The van der Waals surface area contributed by atoms with Crippen molar-refractivity contribution in [2.75, 3.05) is 4.90 Å². The number of fused-ring (bicyclic) bond motifs is 7. The second-order valence-electron chi connectivity index (χ2n) is 14.0. The van der Waals surface area contributed by atoms with E-state index in [1.165, 1.54) is 59.3 Å². The van der Waals surface area contributed by atoms with Gasteiger partial charge in [0.05, 0.1) is 0 Å². The number of hydrogen-bond donors (Lipinski definition) is 0. The van der Waals surface area contributed by atoms with Gasteiger partial charge in [0, 0.05) is 0 Å². The molecule has 228 valence electrons. The Hall–Kier alpha value is -5.38. The number of rotatable bonds is 2. The minimum atomic E-state index is -0.163. The molecule has 0 atom stereocenters. The van der Waals surface area contributed by atoms with Crippen molar-refractivity contribution < 1.29 is 0 Å². The van der Waals surface area contributed by atoms with Gasteiger partial charge in [-0.25, -0.2) is 0 Å². The van der Waals surface area contributed by atoms with Gasteiger partial charge >= 0.3 is 289 Å². The summed E-state index contributed by atoms with van der Waals surface area (Å²) in [5.41, 5.74) is 16.6. The Morgan fingerprint density at radius 3 is 1.94 bits per heavy atom. The second kappa shape index (κ2) is 10.1. The Morgan fingerprint density at radius 2 is 1.21 bits per heavy atom. The van der Waals surface area contributed by atoms with Crippen molar-refractivity contribution in [3.05, 3.63) is 166 Å². The Kier molecular flexibility index (Phi) is 6.04. The first-order valence-electron chi connectivity index (χ1n) is 16.3. The van der Waals surface area contributed by atoms with Gasteiger partial charge in [-0.3, -0.25) is 0 Å². The molecule has 3 heterocycles. The molecule has 0 fully saturated rings. The van der Waals surface area contributed by atoms with Crippen LogP contribution in [0.4, 0.5) is 17.1 Å². The Balaban J connectivity index is 1.15. The first-order chi connectivity index (χ1) is 23.2. The molecule has 0 spiro atoms. The van der Waals surface area contributed by atoms with Crippen LogP contribution in [0.5, 0.6) is 0 Å². The van der Waals surface area contributed by atoms with Crippen molar-refractivity contribution in [3.8, 4) is 37.2 Å². The van der Waals surface area contributed by atoms with E-state index < -0.39 is 0 Å². The quantitative estimate of drug-likeness (QED) is 0.103. The predicted octanol–water partition coefficient (Wildman–Crippen LogP) is 11.0. The molecule has 0 bridgehead atoms. The summed E-state index contributed by atoms with van der Waals surface area (Å²) in [6.07, 6.45) is 0. The van der Waals surface area contributed by atoms with E-state index in [0.717, 1.165) is 27.8 Å². The minimum absolute atomic E-state index is 0.0856. The molecule has 3 nitrogen and oxygen atoms in total. The summed E-state index contributed by atoms with van der Waals surface area (Å²) in [4.78, 5) is 6.09. The van der Waals surface area contributed by atoms with Crippen LogP contribution in [-0.4, -0.2) is 14.5 Å². The van der Waals surface area contributed by atoms with Gasteiger partial charge in [0.25, 0.3) is 0 Å². The first kappa shape index (κ1) is 28.8. The van der Waals surface area contributed by atoms with E-state index in [4.69, 9.17) is 6.57 Å². The van der Waals surface area contributed by atoms with Crippen LogP contribution in [0.1, 0.15) is 61.1 Å². The summed E-state index contributed by atoms with van der Waals surface area (Å²) in [6, 6.07) is 44.3. The molecular formula is C44H31N3Se. The average Bonchev–Trinajstić information content (AvgIpc) is 3.72. The predicted molar refractivity (Wildman–Crippen MR) is 197 cm³/mol. The van der Waals surface area contributed by atoms with E-state index in [1.54, 1.807) is 0 Å². The molecule has 0 saturated carbocycles. The third kappa shape index (κ3) is 3.79. The summed E-state index contributed by atoms with van der Waals surface area (Å²) < 4.78 is 2.71. The normalized spacial score (nSPS) is 16.4. The van der Waals surface area contributed by atoms with Crippen LogP contribution in [0.25, 0.3) is 41.5 Å². The van der Waals surface area contributed by atoms with Gasteiger partial charge in [0.2, 0.25) is 0 Å². The summed E-state index contributed by atoms with van der Waals surface area (Å²) in [5.74, 6) is 0. The molecule has 0 saturated heterocycles. The van der Waals surface area contributed by atoms with Crippen molar-refractivity contribution in [2.24, 2.45) is 0 Å². The fourth-order valence-corrected chi connectivity index (χ4v) is 10.4. The van der Waals surface area contributed by atoms with Crippen LogP contribution >= 0.6 is 0 Å². The number of hydrogen-bond acceptors (Lipinski definition) is 2. The van der Waals surface area contributed by atoms with E-state index in [9.17, 15) is 5.26 Å². The molecule has 48 heavy (non-hydrogen) atoms. The van der Waals surface area contributed by atoms with Crippen molar-refractivity contribution in [2.45, 2.75) is 38.5 Å². The zero-order chi connectivity index (χ0) is 32.9. The van der Waals surface area contributed by atoms with Gasteiger partial charge in [-0.2, -0.15) is 0 Å². The van der Waals surface area contributed by atoms with Gasteiger partial charge < -0.3 is 0 Å². The summed E-state index contributed by atoms with van der Waals surface area (Å²) in [5, 5.41) is 9.73. The zero-order valence-electron chi connectivity index (χ0n) is 27.2. The molecule has 0 N–H and O–H groups in total. The van der Waals surface area contributed by atoms with E-state index in [1.807, 2.05) is 18.2 Å². The van der Waals surface area contributed by atoms with Gasteiger partial charge in [0.1, 0.15) is 0 Å². The number of nitriles is 1. The van der Waals surface area contributed by atoms with Gasteiger partial charge in [-0.05, 0) is 0 Å². The molecule has 1 aliphatic carbocycles. The number of anilines is 3. The van der Waals surface area contributed by atoms with Crippen LogP contribution in [0.3, 0.4) is 0 Å². The van der Waals surface area contributed by atoms with E-state index >= 15 is 0 Å². The van der Waals surface area contributed by atoms with Crippen LogP contribution in [0.15, 0.2) is 121 Å². The SMILES string of the molecule is [C-]#[N+]/C(C#N)=C1/c2ccccc2-c2cc(-c3ccc(-c4ccc5c(c4)C(C)(C)c4cccc6c4N5c4ccccc4C6(C)C)[se]3)ccc21. The summed E-state index contributed by atoms with van der Waals surface area (Å²) in [7, 11) is 0. The Labute approximate surface area is 287 Å². The van der Waals surface area contributed by atoms with Crippen molar-refractivity contribution in [1.82, 2.24) is 0 Å². The van der Waals surface area contributed by atoms with Crippen molar-refractivity contribution in [1.29, 1.82) is 5.26 Å². The molecule has 0 radical (unpaired) electrons. The molecule has 2 aliphatic heterocycles. The molecular weight excluding hydrogens is 649 g/mol. The van der Waals surface area contributed by atoms with Crippen LogP contribution in [0.2, 0.25) is 0 Å². The fraction of sp³-hybridized carbons (Fsp3) is 0.136. The second-order valence-corrected chi connectivity index (χ2v) is 16.2. The van der Waals surface area contributed by atoms with E-state index in [2.05, 4.69) is 141 Å². The molecule has 1 aromatic heterocycles. The molecule has 6 aromatic rings. The Morgan fingerprint density at radius 1 is 0.625 bits per heavy atom. The van der Waals surface area contributed by atoms with Gasteiger partial charge in [0.15, 0.2) is 0 Å². The topological polar surface area (TPSA) is 31.4 Å².